The Bertz CT molecular complexity index is 784. The normalized spacial score (nSPS) is 11.2. The van der Waals surface area contributed by atoms with Crippen LogP contribution in [0.3, 0.4) is 0 Å². The molecule has 0 saturated carbocycles. The van der Waals surface area contributed by atoms with Crippen molar-refractivity contribution in [2.45, 2.75) is 13.8 Å². The Morgan fingerprint density at radius 3 is 2.61 bits per heavy atom. The van der Waals surface area contributed by atoms with Crippen molar-refractivity contribution >= 4 is 28.1 Å². The Labute approximate surface area is 104 Å². The van der Waals surface area contributed by atoms with Gasteiger partial charge in [-0.2, -0.15) is 0 Å². The molecule has 0 bridgehead atoms. The smallest absolute Gasteiger partial charge is 0.154 e. The minimum atomic E-state index is 0.0831. The van der Waals surface area contributed by atoms with Gasteiger partial charge in [-0.3, -0.25) is 4.79 Å². The summed E-state index contributed by atoms with van der Waals surface area (Å²) in [6, 6.07) is 7.93. The van der Waals surface area contributed by atoms with Crippen LogP contribution in [0.2, 0.25) is 0 Å². The van der Waals surface area contributed by atoms with Crippen molar-refractivity contribution in [3.63, 3.8) is 0 Å². The van der Waals surface area contributed by atoms with E-state index in [2.05, 4.69) is 4.98 Å². The molecule has 90 valence electrons. The number of phenols is 1. The average molecular weight is 239 g/mol. The number of H-pyrrole nitrogens is 1. The summed E-state index contributed by atoms with van der Waals surface area (Å²) < 4.78 is 0. The Hall–Kier alpha value is -2.29. The van der Waals surface area contributed by atoms with Crippen molar-refractivity contribution in [3.8, 4) is 5.75 Å². The molecule has 0 radical (unpaired) electrons. The highest BCUT2D eigenvalue weighted by Crippen LogP contribution is 2.37. The molecule has 1 heterocycles. The lowest BCUT2D eigenvalue weighted by Gasteiger charge is -2.08. The molecule has 0 saturated heterocycles. The number of carbonyl (C=O) groups excluding carboxylic acids is 1. The monoisotopic (exact) mass is 239 g/mol. The molecule has 3 nitrogen and oxygen atoms in total. The number of para-hydroxylation sites is 1. The summed E-state index contributed by atoms with van der Waals surface area (Å²) in [7, 11) is 0. The highest BCUT2D eigenvalue weighted by atomic mass is 16.3. The summed E-state index contributed by atoms with van der Waals surface area (Å²) in [5.74, 6) is 0.0831. The van der Waals surface area contributed by atoms with Gasteiger partial charge in [0, 0.05) is 21.9 Å². The van der Waals surface area contributed by atoms with E-state index >= 15 is 0 Å². The predicted octanol–water partition coefficient (Wildman–Crippen LogP) is 3.46. The molecule has 2 aromatic carbocycles. The van der Waals surface area contributed by atoms with Crippen LogP contribution < -0.4 is 0 Å². The van der Waals surface area contributed by atoms with E-state index in [4.69, 9.17) is 0 Å². The Morgan fingerprint density at radius 1 is 1.17 bits per heavy atom. The first kappa shape index (κ1) is 10.8. The van der Waals surface area contributed by atoms with Crippen LogP contribution in [0.5, 0.6) is 5.75 Å². The number of benzene rings is 2. The van der Waals surface area contributed by atoms with Crippen molar-refractivity contribution in [3.05, 3.63) is 41.0 Å². The average Bonchev–Trinajstić information content (AvgIpc) is 2.76. The van der Waals surface area contributed by atoms with Crippen molar-refractivity contribution in [2.24, 2.45) is 0 Å². The number of rotatable bonds is 1. The van der Waals surface area contributed by atoms with Gasteiger partial charge < -0.3 is 10.1 Å². The van der Waals surface area contributed by atoms with E-state index in [1.165, 1.54) is 0 Å². The van der Waals surface area contributed by atoms with Crippen LogP contribution >= 0.6 is 0 Å². The number of aromatic hydroxyl groups is 1. The molecular weight excluding hydrogens is 226 g/mol. The largest absolute Gasteiger partial charge is 0.507 e. The fourth-order valence-electron chi connectivity index (χ4n) is 2.59. The summed E-state index contributed by atoms with van der Waals surface area (Å²) in [4.78, 5) is 14.4. The first-order chi connectivity index (χ1) is 8.65. The van der Waals surface area contributed by atoms with Crippen LogP contribution in [0.25, 0.3) is 21.8 Å². The number of hydrogen-bond donors (Lipinski definition) is 2. The second-order valence-corrected chi connectivity index (χ2v) is 4.55. The van der Waals surface area contributed by atoms with Crippen LogP contribution in [0.1, 0.15) is 21.5 Å². The van der Waals surface area contributed by atoms with Crippen LogP contribution in [0, 0.1) is 13.8 Å². The molecule has 3 aromatic rings. The minimum Gasteiger partial charge on any atom is -0.507 e. The van der Waals surface area contributed by atoms with E-state index in [1.807, 2.05) is 38.1 Å². The van der Waals surface area contributed by atoms with Gasteiger partial charge in [-0.1, -0.05) is 18.2 Å². The zero-order valence-corrected chi connectivity index (χ0v) is 10.2. The summed E-state index contributed by atoms with van der Waals surface area (Å²) in [6.45, 7) is 3.69. The molecule has 0 spiro atoms. The third-order valence-corrected chi connectivity index (χ3v) is 3.59. The minimum absolute atomic E-state index is 0.0831. The van der Waals surface area contributed by atoms with Crippen LogP contribution in [-0.4, -0.2) is 16.4 Å². The SMILES string of the molecule is Cc1c(C=O)c(O)c(C)c2c1[nH]c1ccccc12. The van der Waals surface area contributed by atoms with E-state index in [0.29, 0.717) is 11.8 Å². The van der Waals surface area contributed by atoms with Gasteiger partial charge >= 0.3 is 0 Å². The van der Waals surface area contributed by atoms with E-state index < -0.39 is 0 Å². The number of aromatic amines is 1. The standard InChI is InChI=1S/C15H13NO2/c1-8-11(7-17)15(18)9(2)13-10-5-3-4-6-12(10)16-14(8)13/h3-7,16,18H,1-2H3. The lowest BCUT2D eigenvalue weighted by Crippen LogP contribution is -1.92. The molecule has 0 unspecified atom stereocenters. The van der Waals surface area contributed by atoms with Crippen molar-refractivity contribution in [1.29, 1.82) is 0 Å². The molecular formula is C15H13NO2. The number of fused-ring (bicyclic) bond motifs is 3. The number of nitrogens with one attached hydrogen (secondary N) is 1. The third kappa shape index (κ3) is 1.21. The van der Waals surface area contributed by atoms with Gasteiger partial charge in [0.2, 0.25) is 0 Å². The second-order valence-electron chi connectivity index (χ2n) is 4.55. The summed E-state index contributed by atoms with van der Waals surface area (Å²) >= 11 is 0. The van der Waals surface area contributed by atoms with Gasteiger partial charge in [0.1, 0.15) is 5.75 Å². The van der Waals surface area contributed by atoms with E-state index in [1.54, 1.807) is 0 Å². The number of aromatic nitrogens is 1. The number of aryl methyl sites for hydroxylation is 2. The molecule has 2 N–H and O–H groups in total. The molecule has 0 aliphatic rings. The topological polar surface area (TPSA) is 53.1 Å². The molecule has 3 rings (SSSR count). The van der Waals surface area contributed by atoms with E-state index in [9.17, 15) is 9.90 Å². The Kier molecular flexibility index (Phi) is 2.17. The van der Waals surface area contributed by atoms with Gasteiger partial charge in [-0.25, -0.2) is 0 Å². The number of carbonyl (C=O) groups is 1. The molecule has 0 amide bonds. The maximum Gasteiger partial charge on any atom is 0.154 e. The lowest BCUT2D eigenvalue weighted by molar-refractivity contribution is 0.112. The first-order valence-corrected chi connectivity index (χ1v) is 5.83. The third-order valence-electron chi connectivity index (χ3n) is 3.59. The molecule has 0 atom stereocenters. The van der Waals surface area contributed by atoms with E-state index in [0.717, 1.165) is 32.9 Å². The molecule has 1 aromatic heterocycles. The van der Waals surface area contributed by atoms with Gasteiger partial charge in [-0.15, -0.1) is 0 Å². The molecule has 0 fully saturated rings. The summed E-state index contributed by atoms with van der Waals surface area (Å²) in [5.41, 5.74) is 3.84. The van der Waals surface area contributed by atoms with Crippen molar-refractivity contribution in [2.75, 3.05) is 0 Å². The number of phenolic OH excluding ortho intramolecular Hbond substituents is 1. The molecule has 18 heavy (non-hydrogen) atoms. The highest BCUT2D eigenvalue weighted by molar-refractivity contribution is 6.12. The van der Waals surface area contributed by atoms with Crippen LogP contribution in [-0.2, 0) is 0 Å². The summed E-state index contributed by atoms with van der Waals surface area (Å²) in [5, 5.41) is 12.2. The zero-order chi connectivity index (χ0) is 12.9. The molecule has 3 heteroatoms. The molecule has 0 aliphatic carbocycles. The van der Waals surface area contributed by atoms with Gasteiger partial charge in [0.25, 0.3) is 0 Å². The fraction of sp³-hybridized carbons (Fsp3) is 0.133. The maximum absolute atomic E-state index is 11.1. The quantitative estimate of drug-likeness (QED) is 0.639. The number of hydrogen-bond acceptors (Lipinski definition) is 2. The van der Waals surface area contributed by atoms with Gasteiger partial charge in [0.05, 0.1) is 11.1 Å². The fourth-order valence-corrected chi connectivity index (χ4v) is 2.59. The first-order valence-electron chi connectivity index (χ1n) is 5.83. The van der Waals surface area contributed by atoms with Crippen LogP contribution in [0.15, 0.2) is 24.3 Å². The van der Waals surface area contributed by atoms with Crippen LogP contribution in [0.4, 0.5) is 0 Å². The van der Waals surface area contributed by atoms with Gasteiger partial charge in [0.15, 0.2) is 6.29 Å². The summed E-state index contributed by atoms with van der Waals surface area (Å²) in [6.07, 6.45) is 0.711. The maximum atomic E-state index is 11.1. The zero-order valence-electron chi connectivity index (χ0n) is 10.2. The predicted molar refractivity (Wildman–Crippen MR) is 72.3 cm³/mol. The number of aldehydes is 1. The Morgan fingerprint density at radius 2 is 1.89 bits per heavy atom. The Balaban J connectivity index is 2.65. The molecule has 0 aliphatic heterocycles. The van der Waals surface area contributed by atoms with Gasteiger partial charge in [-0.05, 0) is 25.5 Å². The highest BCUT2D eigenvalue weighted by Gasteiger charge is 2.17. The van der Waals surface area contributed by atoms with Crippen molar-refractivity contribution < 1.29 is 9.90 Å². The van der Waals surface area contributed by atoms with E-state index in [-0.39, 0.29) is 5.75 Å². The van der Waals surface area contributed by atoms with Crippen molar-refractivity contribution in [1.82, 2.24) is 4.98 Å². The lowest BCUT2D eigenvalue weighted by atomic mass is 9.98. The second kappa shape index (κ2) is 3.60.